The molecule has 2 aromatic carbocycles. The van der Waals surface area contributed by atoms with Gasteiger partial charge in [-0.2, -0.15) is 0 Å². The SMILES string of the molecule is CCO[C@@H]1C[C@H](C(=O)Nc2cc(C(N)(Cc3ccccc3)CC(c3ccncc3)C3CC3)ccc2F)N(C(=O)O)C1. The first-order chi connectivity index (χ1) is 19.8. The number of hydrogen-bond acceptors (Lipinski definition) is 5. The number of nitrogens with one attached hydrogen (secondary N) is 1. The number of nitrogens with zero attached hydrogens (tertiary/aromatic N) is 2. The first-order valence-corrected chi connectivity index (χ1v) is 14.2. The van der Waals surface area contributed by atoms with Crippen molar-refractivity contribution in [1.29, 1.82) is 0 Å². The number of likely N-dealkylation sites (tertiary alicyclic amines) is 1. The van der Waals surface area contributed by atoms with Crippen LogP contribution in [0.5, 0.6) is 0 Å². The van der Waals surface area contributed by atoms with Crippen molar-refractivity contribution in [2.24, 2.45) is 11.7 Å². The Bertz CT molecular complexity index is 1350. The van der Waals surface area contributed by atoms with E-state index < -0.39 is 35.5 Å². The number of hydrogen-bond donors (Lipinski definition) is 3. The standard InChI is InChI=1S/C32H37FN4O4/c1-2-41-25-17-29(37(20-25)31(39)40)30(38)36-28-16-24(10-11-27(28)33)32(34,18-21-6-4-3-5-7-21)19-26(22-8-9-22)23-12-14-35-15-13-23/h3-7,10-16,22,25-26,29H,2,8-9,17-20,34H2,1H3,(H,36,38)(H,39,40)/t25-,26?,29-,32?/m1/s1. The van der Waals surface area contributed by atoms with Gasteiger partial charge >= 0.3 is 6.09 Å². The number of amides is 2. The zero-order chi connectivity index (χ0) is 29.0. The lowest BCUT2D eigenvalue weighted by atomic mass is 9.74. The highest BCUT2D eigenvalue weighted by Crippen LogP contribution is 2.48. The van der Waals surface area contributed by atoms with E-state index in [1.165, 1.54) is 11.6 Å². The van der Waals surface area contributed by atoms with E-state index in [4.69, 9.17) is 10.5 Å². The molecule has 2 heterocycles. The van der Waals surface area contributed by atoms with E-state index in [-0.39, 0.29) is 24.6 Å². The molecular formula is C32H37FN4O4. The van der Waals surface area contributed by atoms with Gasteiger partial charge < -0.3 is 20.9 Å². The molecule has 216 valence electrons. The third kappa shape index (κ3) is 6.74. The molecule has 1 aliphatic heterocycles. The minimum Gasteiger partial charge on any atom is -0.465 e. The number of rotatable bonds is 11. The molecule has 4 N–H and O–H groups in total. The van der Waals surface area contributed by atoms with Crippen LogP contribution in [0.15, 0.2) is 73.1 Å². The van der Waals surface area contributed by atoms with Gasteiger partial charge in [0.05, 0.1) is 18.3 Å². The minimum absolute atomic E-state index is 0.0209. The number of halogens is 1. The Morgan fingerprint density at radius 1 is 1.17 bits per heavy atom. The van der Waals surface area contributed by atoms with Crippen LogP contribution in [0.4, 0.5) is 14.9 Å². The molecule has 1 saturated heterocycles. The summed E-state index contributed by atoms with van der Waals surface area (Å²) in [6, 6.07) is 17.7. The molecule has 5 rings (SSSR count). The largest absolute Gasteiger partial charge is 0.465 e. The highest BCUT2D eigenvalue weighted by Gasteiger charge is 2.41. The summed E-state index contributed by atoms with van der Waals surface area (Å²) in [5.74, 6) is -0.492. The molecule has 2 fully saturated rings. The number of nitrogens with two attached hydrogens (primary N) is 1. The molecular weight excluding hydrogens is 523 g/mol. The van der Waals surface area contributed by atoms with Crippen LogP contribution in [0.2, 0.25) is 0 Å². The lowest BCUT2D eigenvalue weighted by Gasteiger charge is -2.35. The van der Waals surface area contributed by atoms with Gasteiger partial charge in [0.2, 0.25) is 5.91 Å². The summed E-state index contributed by atoms with van der Waals surface area (Å²) < 4.78 is 20.7. The van der Waals surface area contributed by atoms with E-state index in [9.17, 15) is 14.7 Å². The predicted octanol–water partition coefficient (Wildman–Crippen LogP) is 5.30. The summed E-state index contributed by atoms with van der Waals surface area (Å²) in [4.78, 5) is 30.3. The van der Waals surface area contributed by atoms with Gasteiger partial charge in [-0.3, -0.25) is 14.7 Å². The van der Waals surface area contributed by atoms with Crippen molar-refractivity contribution < 1.29 is 23.8 Å². The van der Waals surface area contributed by atoms with Gasteiger partial charge in [-0.05, 0) is 85.4 Å². The molecule has 1 saturated carbocycles. The maximum Gasteiger partial charge on any atom is 0.408 e. The Morgan fingerprint density at radius 3 is 2.56 bits per heavy atom. The molecule has 3 aromatic rings. The van der Waals surface area contributed by atoms with E-state index in [2.05, 4.69) is 10.3 Å². The number of benzene rings is 2. The first kappa shape index (κ1) is 28.7. The number of carboxylic acid groups (broad SMARTS) is 1. The third-order valence-corrected chi connectivity index (χ3v) is 8.28. The van der Waals surface area contributed by atoms with Crippen molar-refractivity contribution in [3.63, 3.8) is 0 Å². The van der Waals surface area contributed by atoms with Gasteiger partial charge in [0.1, 0.15) is 11.9 Å². The lowest BCUT2D eigenvalue weighted by Crippen LogP contribution is -2.43. The second kappa shape index (κ2) is 12.4. The second-order valence-corrected chi connectivity index (χ2v) is 11.2. The Balaban J connectivity index is 1.45. The molecule has 2 aliphatic rings. The molecule has 1 aliphatic carbocycles. The molecule has 4 atom stereocenters. The van der Waals surface area contributed by atoms with Crippen LogP contribution in [0.1, 0.15) is 55.2 Å². The molecule has 41 heavy (non-hydrogen) atoms. The van der Waals surface area contributed by atoms with Gasteiger partial charge in [0.15, 0.2) is 0 Å². The number of pyridine rings is 1. The van der Waals surface area contributed by atoms with Crippen LogP contribution in [0.3, 0.4) is 0 Å². The normalized spacial score (nSPS) is 20.8. The van der Waals surface area contributed by atoms with Crippen molar-refractivity contribution in [1.82, 2.24) is 9.88 Å². The Kier molecular flexibility index (Phi) is 8.65. The van der Waals surface area contributed by atoms with E-state index in [0.717, 1.165) is 23.3 Å². The van der Waals surface area contributed by atoms with Crippen molar-refractivity contribution in [2.75, 3.05) is 18.5 Å². The fourth-order valence-corrected chi connectivity index (χ4v) is 6.07. The number of carbonyl (C=O) groups is 2. The maximum atomic E-state index is 15.1. The van der Waals surface area contributed by atoms with E-state index in [0.29, 0.717) is 30.9 Å². The van der Waals surface area contributed by atoms with Gasteiger partial charge in [0.25, 0.3) is 0 Å². The summed E-state index contributed by atoms with van der Waals surface area (Å²) in [6.07, 6.45) is 5.60. The summed E-state index contributed by atoms with van der Waals surface area (Å²) in [6.45, 7) is 2.31. The highest BCUT2D eigenvalue weighted by molar-refractivity contribution is 5.97. The average Bonchev–Trinajstić information content (AvgIpc) is 3.72. The lowest BCUT2D eigenvalue weighted by molar-refractivity contribution is -0.120. The second-order valence-electron chi connectivity index (χ2n) is 11.2. The molecule has 2 unspecified atom stereocenters. The Morgan fingerprint density at radius 2 is 1.90 bits per heavy atom. The molecule has 0 spiro atoms. The van der Waals surface area contributed by atoms with Crippen LogP contribution in [-0.4, -0.2) is 52.3 Å². The van der Waals surface area contributed by atoms with Gasteiger partial charge in [-0.25, -0.2) is 9.18 Å². The first-order valence-electron chi connectivity index (χ1n) is 14.2. The molecule has 2 amide bonds. The van der Waals surface area contributed by atoms with E-state index in [1.54, 1.807) is 24.5 Å². The Labute approximate surface area is 239 Å². The van der Waals surface area contributed by atoms with Gasteiger partial charge in [0, 0.05) is 31.0 Å². The molecule has 0 bridgehead atoms. The molecule has 0 radical (unpaired) electrons. The third-order valence-electron chi connectivity index (χ3n) is 8.28. The van der Waals surface area contributed by atoms with Crippen LogP contribution < -0.4 is 11.1 Å². The van der Waals surface area contributed by atoms with Crippen molar-refractivity contribution >= 4 is 17.7 Å². The van der Waals surface area contributed by atoms with Crippen LogP contribution in [-0.2, 0) is 21.5 Å². The smallest absolute Gasteiger partial charge is 0.408 e. The van der Waals surface area contributed by atoms with Gasteiger partial charge in [-0.1, -0.05) is 36.4 Å². The number of ether oxygens (including phenoxy) is 1. The van der Waals surface area contributed by atoms with Crippen molar-refractivity contribution in [3.8, 4) is 0 Å². The minimum atomic E-state index is -1.22. The number of aromatic nitrogens is 1. The number of carbonyl (C=O) groups excluding carboxylic acids is 1. The molecule has 1 aromatic heterocycles. The maximum absolute atomic E-state index is 15.1. The average molecular weight is 561 g/mol. The van der Waals surface area contributed by atoms with Crippen molar-refractivity contribution in [3.05, 3.63) is 95.6 Å². The van der Waals surface area contributed by atoms with Gasteiger partial charge in [-0.15, -0.1) is 0 Å². The highest BCUT2D eigenvalue weighted by atomic mass is 19.1. The van der Waals surface area contributed by atoms with Crippen LogP contribution >= 0.6 is 0 Å². The van der Waals surface area contributed by atoms with E-state index in [1.807, 2.05) is 49.4 Å². The topological polar surface area (TPSA) is 118 Å². The fraction of sp³-hybridized carbons (Fsp3) is 0.406. The van der Waals surface area contributed by atoms with Crippen LogP contribution in [0.25, 0.3) is 0 Å². The monoisotopic (exact) mass is 560 g/mol. The quantitative estimate of drug-likeness (QED) is 0.293. The summed E-state index contributed by atoms with van der Waals surface area (Å²) >= 11 is 0. The number of anilines is 1. The van der Waals surface area contributed by atoms with Crippen molar-refractivity contribution in [2.45, 2.75) is 62.6 Å². The summed E-state index contributed by atoms with van der Waals surface area (Å²) in [7, 11) is 0. The zero-order valence-electron chi connectivity index (χ0n) is 23.2. The van der Waals surface area contributed by atoms with E-state index >= 15 is 4.39 Å². The van der Waals surface area contributed by atoms with Crippen LogP contribution in [0, 0.1) is 11.7 Å². The summed E-state index contributed by atoms with van der Waals surface area (Å²) in [5, 5.41) is 12.3. The fourth-order valence-electron chi connectivity index (χ4n) is 6.07. The Hall–Kier alpha value is -3.82. The molecule has 9 heteroatoms. The zero-order valence-corrected chi connectivity index (χ0v) is 23.2. The summed E-state index contributed by atoms with van der Waals surface area (Å²) in [5.41, 5.74) is 9.33. The predicted molar refractivity (Wildman–Crippen MR) is 154 cm³/mol. The molecule has 8 nitrogen and oxygen atoms in total.